The highest BCUT2D eigenvalue weighted by Gasteiger charge is 2.38. The SMILES string of the molecule is [CH2]C(C)(C(=O)OC)C(C)C(=C)C(=O)O. The number of carboxylic acid groups (broad SMARTS) is 1. The summed E-state index contributed by atoms with van der Waals surface area (Å²) in [4.78, 5) is 21.9. The minimum atomic E-state index is -1.13. The van der Waals surface area contributed by atoms with Gasteiger partial charge in [-0.05, 0) is 13.8 Å². The molecule has 1 radical (unpaired) electrons. The van der Waals surface area contributed by atoms with Crippen LogP contribution in [0.1, 0.15) is 13.8 Å². The Morgan fingerprint density at radius 3 is 2.21 bits per heavy atom. The summed E-state index contributed by atoms with van der Waals surface area (Å²) in [7, 11) is 1.24. The van der Waals surface area contributed by atoms with Crippen molar-refractivity contribution in [3.8, 4) is 0 Å². The van der Waals surface area contributed by atoms with Crippen molar-refractivity contribution in [2.75, 3.05) is 7.11 Å². The maximum atomic E-state index is 11.3. The number of aliphatic carboxylic acids is 1. The third-order valence-corrected chi connectivity index (χ3v) is 2.40. The van der Waals surface area contributed by atoms with Gasteiger partial charge in [-0.1, -0.05) is 13.5 Å². The standard InChI is InChI=1S/C10H15O4/c1-6(8(11)12)7(2)10(3,4)9(13)14-5/h7H,1,3H2,2,4-5H3,(H,11,12). The normalized spacial score (nSPS) is 13.1. The molecule has 4 nitrogen and oxygen atoms in total. The fraction of sp³-hybridized carbons (Fsp3) is 0.500. The summed E-state index contributed by atoms with van der Waals surface area (Å²) in [5.74, 6) is -2.25. The number of carbonyl (C=O) groups is 2. The molecule has 2 atom stereocenters. The van der Waals surface area contributed by atoms with Crippen LogP contribution in [-0.2, 0) is 14.3 Å². The van der Waals surface area contributed by atoms with E-state index in [9.17, 15) is 9.59 Å². The average molecular weight is 199 g/mol. The molecule has 4 heteroatoms. The van der Waals surface area contributed by atoms with Crippen molar-refractivity contribution in [2.24, 2.45) is 11.3 Å². The smallest absolute Gasteiger partial charge is 0.331 e. The minimum Gasteiger partial charge on any atom is -0.478 e. The molecule has 0 rings (SSSR count). The number of hydrogen-bond acceptors (Lipinski definition) is 3. The molecule has 0 aromatic carbocycles. The Hall–Kier alpha value is -1.32. The number of rotatable bonds is 4. The Morgan fingerprint density at radius 1 is 1.50 bits per heavy atom. The van der Waals surface area contributed by atoms with Crippen molar-refractivity contribution in [3.63, 3.8) is 0 Å². The zero-order valence-corrected chi connectivity index (χ0v) is 8.66. The van der Waals surface area contributed by atoms with Crippen LogP contribution in [0.4, 0.5) is 0 Å². The quantitative estimate of drug-likeness (QED) is 0.547. The topological polar surface area (TPSA) is 63.6 Å². The molecule has 0 aromatic rings. The fourth-order valence-corrected chi connectivity index (χ4v) is 0.980. The largest absolute Gasteiger partial charge is 0.478 e. The summed E-state index contributed by atoms with van der Waals surface area (Å²) in [6.07, 6.45) is 0. The Bertz CT molecular complexity index is 265. The molecular formula is C10H15O4. The van der Waals surface area contributed by atoms with Gasteiger partial charge in [0, 0.05) is 11.5 Å². The van der Waals surface area contributed by atoms with Crippen LogP contribution in [0.5, 0.6) is 0 Å². The molecule has 0 spiro atoms. The molecule has 0 heterocycles. The van der Waals surface area contributed by atoms with E-state index in [-0.39, 0.29) is 5.57 Å². The summed E-state index contributed by atoms with van der Waals surface area (Å²) in [5.41, 5.74) is -1.17. The molecule has 0 saturated heterocycles. The summed E-state index contributed by atoms with van der Waals surface area (Å²) in [5, 5.41) is 8.69. The number of ether oxygens (including phenoxy) is 1. The average Bonchev–Trinajstić information content (AvgIpc) is 2.13. The number of esters is 1. The van der Waals surface area contributed by atoms with Gasteiger partial charge >= 0.3 is 11.9 Å². The van der Waals surface area contributed by atoms with Crippen molar-refractivity contribution in [3.05, 3.63) is 19.1 Å². The summed E-state index contributed by atoms with van der Waals surface area (Å²) in [6.45, 7) is 10.1. The van der Waals surface area contributed by atoms with Gasteiger partial charge in [0.1, 0.15) is 0 Å². The lowest BCUT2D eigenvalue weighted by atomic mass is 9.76. The van der Waals surface area contributed by atoms with Gasteiger partial charge < -0.3 is 9.84 Å². The van der Waals surface area contributed by atoms with Crippen molar-refractivity contribution in [1.29, 1.82) is 0 Å². The summed E-state index contributed by atoms with van der Waals surface area (Å²) >= 11 is 0. The lowest BCUT2D eigenvalue weighted by molar-refractivity contribution is -0.151. The van der Waals surface area contributed by atoms with Gasteiger partial charge in [-0.3, -0.25) is 4.79 Å². The molecule has 1 N–H and O–H groups in total. The first kappa shape index (κ1) is 12.7. The second-order valence-electron chi connectivity index (χ2n) is 3.46. The lowest BCUT2D eigenvalue weighted by Crippen LogP contribution is -2.35. The van der Waals surface area contributed by atoms with Gasteiger partial charge in [0.2, 0.25) is 0 Å². The summed E-state index contributed by atoms with van der Waals surface area (Å²) < 4.78 is 4.53. The Morgan fingerprint density at radius 2 is 1.93 bits per heavy atom. The molecule has 0 bridgehead atoms. The van der Waals surface area contributed by atoms with Crippen molar-refractivity contribution >= 4 is 11.9 Å². The molecule has 0 amide bonds. The van der Waals surface area contributed by atoms with Gasteiger partial charge in [-0.2, -0.15) is 0 Å². The minimum absolute atomic E-state index is 0.0482. The van der Waals surface area contributed by atoms with E-state index in [2.05, 4.69) is 18.2 Å². The first-order valence-electron chi connectivity index (χ1n) is 4.11. The van der Waals surface area contributed by atoms with Crippen LogP contribution in [0.15, 0.2) is 12.2 Å². The second-order valence-corrected chi connectivity index (χ2v) is 3.46. The van der Waals surface area contributed by atoms with E-state index in [4.69, 9.17) is 5.11 Å². The van der Waals surface area contributed by atoms with Crippen molar-refractivity contribution in [1.82, 2.24) is 0 Å². The Balaban J connectivity index is 4.83. The number of carboxylic acids is 1. The highest BCUT2D eigenvalue weighted by atomic mass is 16.5. The number of carbonyl (C=O) groups excluding carboxylic acids is 1. The van der Waals surface area contributed by atoms with Gasteiger partial charge in [0.25, 0.3) is 0 Å². The van der Waals surface area contributed by atoms with Crippen molar-refractivity contribution < 1.29 is 19.4 Å². The maximum Gasteiger partial charge on any atom is 0.331 e. The predicted octanol–water partition coefficient (Wildman–Crippen LogP) is 1.28. The van der Waals surface area contributed by atoms with E-state index in [1.54, 1.807) is 6.92 Å². The monoisotopic (exact) mass is 199 g/mol. The summed E-state index contributed by atoms with van der Waals surface area (Å²) in [6, 6.07) is 0. The van der Waals surface area contributed by atoms with Gasteiger partial charge in [0.15, 0.2) is 0 Å². The van der Waals surface area contributed by atoms with Crippen LogP contribution in [0.25, 0.3) is 0 Å². The van der Waals surface area contributed by atoms with Gasteiger partial charge in [-0.15, -0.1) is 0 Å². The Kier molecular flexibility index (Phi) is 3.86. The molecule has 79 valence electrons. The van der Waals surface area contributed by atoms with Gasteiger partial charge in [0.05, 0.1) is 12.5 Å². The molecule has 0 aliphatic heterocycles. The molecular weight excluding hydrogens is 184 g/mol. The highest BCUT2D eigenvalue weighted by molar-refractivity contribution is 5.88. The third-order valence-electron chi connectivity index (χ3n) is 2.40. The highest BCUT2D eigenvalue weighted by Crippen LogP contribution is 2.32. The van der Waals surface area contributed by atoms with E-state index in [0.29, 0.717) is 0 Å². The van der Waals surface area contributed by atoms with Gasteiger partial charge in [-0.25, -0.2) is 4.79 Å². The first-order chi connectivity index (χ1) is 6.25. The second kappa shape index (κ2) is 4.26. The van der Waals surface area contributed by atoms with E-state index in [1.165, 1.54) is 14.0 Å². The predicted molar refractivity (Wildman–Crippen MR) is 51.4 cm³/mol. The van der Waals surface area contributed by atoms with E-state index < -0.39 is 23.3 Å². The molecule has 0 fully saturated rings. The van der Waals surface area contributed by atoms with Crippen LogP contribution in [-0.4, -0.2) is 24.2 Å². The molecule has 0 saturated carbocycles. The first-order valence-corrected chi connectivity index (χ1v) is 4.11. The number of hydrogen-bond donors (Lipinski definition) is 1. The molecule has 0 aromatic heterocycles. The molecule has 0 aliphatic carbocycles. The number of methoxy groups -OCH3 is 1. The fourth-order valence-electron chi connectivity index (χ4n) is 0.980. The van der Waals surface area contributed by atoms with Crippen LogP contribution in [0, 0.1) is 18.3 Å². The lowest BCUT2D eigenvalue weighted by Gasteiger charge is -2.28. The zero-order valence-electron chi connectivity index (χ0n) is 8.66. The van der Waals surface area contributed by atoms with Crippen LogP contribution in [0.2, 0.25) is 0 Å². The molecule has 0 aliphatic rings. The zero-order chi connectivity index (χ0) is 11.5. The molecule has 14 heavy (non-hydrogen) atoms. The van der Waals surface area contributed by atoms with Crippen molar-refractivity contribution in [2.45, 2.75) is 13.8 Å². The Labute approximate surface area is 83.6 Å². The van der Waals surface area contributed by atoms with E-state index in [0.717, 1.165) is 0 Å². The van der Waals surface area contributed by atoms with Crippen LogP contribution < -0.4 is 0 Å². The van der Waals surface area contributed by atoms with Crippen LogP contribution in [0.3, 0.4) is 0 Å². The maximum absolute atomic E-state index is 11.3. The van der Waals surface area contributed by atoms with E-state index in [1.807, 2.05) is 0 Å². The van der Waals surface area contributed by atoms with Crippen LogP contribution >= 0.6 is 0 Å². The molecule has 2 unspecified atom stereocenters. The van der Waals surface area contributed by atoms with E-state index >= 15 is 0 Å². The third kappa shape index (κ3) is 2.34.